The third-order valence-electron chi connectivity index (χ3n) is 1.97. The number of hydrogen-bond acceptors (Lipinski definition) is 3. The Labute approximate surface area is 121 Å². The highest BCUT2D eigenvalue weighted by atomic mass is 127. The Morgan fingerprint density at radius 1 is 1.44 bits per heavy atom. The van der Waals surface area contributed by atoms with E-state index in [1.807, 2.05) is 22.6 Å². The van der Waals surface area contributed by atoms with E-state index in [1.54, 1.807) is 18.2 Å². The van der Waals surface area contributed by atoms with Crippen molar-refractivity contribution in [2.45, 2.75) is 6.04 Å². The molecule has 0 bridgehead atoms. The summed E-state index contributed by atoms with van der Waals surface area (Å²) in [5, 5.41) is 22.5. The lowest BCUT2D eigenvalue weighted by molar-refractivity contribution is -0.140. The van der Waals surface area contributed by atoms with E-state index in [0.29, 0.717) is 14.3 Å². The van der Waals surface area contributed by atoms with Crippen LogP contribution < -0.4 is 10.6 Å². The average molecular weight is 385 g/mol. The Balaban J connectivity index is 2.67. The van der Waals surface area contributed by atoms with Crippen LogP contribution in [0.4, 0.5) is 10.5 Å². The summed E-state index contributed by atoms with van der Waals surface area (Å²) >= 11 is 7.74. The Kier molecular flexibility index (Phi) is 5.63. The van der Waals surface area contributed by atoms with Crippen LogP contribution >= 0.6 is 34.2 Å². The molecule has 1 rings (SSSR count). The number of carbonyl (C=O) groups excluding carboxylic acids is 1. The van der Waals surface area contributed by atoms with Gasteiger partial charge in [-0.3, -0.25) is 0 Å². The molecule has 0 aromatic heterocycles. The molecule has 0 saturated heterocycles. The molecule has 0 spiro atoms. The van der Waals surface area contributed by atoms with E-state index < -0.39 is 24.6 Å². The zero-order valence-electron chi connectivity index (χ0n) is 8.98. The third kappa shape index (κ3) is 4.31. The van der Waals surface area contributed by atoms with Crippen molar-refractivity contribution >= 4 is 51.9 Å². The van der Waals surface area contributed by atoms with Crippen LogP contribution in [0.5, 0.6) is 0 Å². The van der Waals surface area contributed by atoms with Crippen LogP contribution in [0.15, 0.2) is 18.2 Å². The number of carboxylic acids is 1. The fraction of sp³-hybridized carbons (Fsp3) is 0.200. The van der Waals surface area contributed by atoms with Gasteiger partial charge in [0.2, 0.25) is 0 Å². The minimum Gasteiger partial charge on any atom is -0.480 e. The van der Waals surface area contributed by atoms with E-state index in [-0.39, 0.29) is 0 Å². The van der Waals surface area contributed by atoms with Gasteiger partial charge in [-0.2, -0.15) is 0 Å². The molecule has 0 radical (unpaired) electrons. The predicted octanol–water partition coefficient (Wildman–Crippen LogP) is 1.51. The Hall–Kier alpha value is -1.06. The van der Waals surface area contributed by atoms with Crippen LogP contribution in [-0.4, -0.2) is 34.9 Å². The number of carboxylic acid groups (broad SMARTS) is 1. The van der Waals surface area contributed by atoms with E-state index in [1.165, 1.54) is 0 Å². The van der Waals surface area contributed by atoms with Crippen molar-refractivity contribution in [3.63, 3.8) is 0 Å². The van der Waals surface area contributed by atoms with Crippen LogP contribution in [0.3, 0.4) is 0 Å². The van der Waals surface area contributed by atoms with E-state index in [4.69, 9.17) is 21.8 Å². The van der Waals surface area contributed by atoms with Gasteiger partial charge < -0.3 is 20.8 Å². The average Bonchev–Trinajstić information content (AvgIpc) is 2.29. The van der Waals surface area contributed by atoms with Crippen molar-refractivity contribution < 1.29 is 19.8 Å². The van der Waals surface area contributed by atoms with Crippen molar-refractivity contribution in [3.8, 4) is 0 Å². The molecule has 2 amide bonds. The highest BCUT2D eigenvalue weighted by Gasteiger charge is 2.18. The van der Waals surface area contributed by atoms with Crippen LogP contribution in [0.2, 0.25) is 5.02 Å². The fourth-order valence-corrected chi connectivity index (χ4v) is 2.10. The molecule has 0 aliphatic carbocycles. The number of benzene rings is 1. The molecular formula is C10H10ClIN2O4. The molecule has 0 fully saturated rings. The van der Waals surface area contributed by atoms with Gasteiger partial charge in [-0.05, 0) is 40.8 Å². The van der Waals surface area contributed by atoms with Gasteiger partial charge in [0.25, 0.3) is 0 Å². The van der Waals surface area contributed by atoms with Gasteiger partial charge in [0.1, 0.15) is 0 Å². The van der Waals surface area contributed by atoms with Gasteiger partial charge >= 0.3 is 12.0 Å². The molecular weight excluding hydrogens is 374 g/mol. The van der Waals surface area contributed by atoms with Crippen LogP contribution in [-0.2, 0) is 4.79 Å². The predicted molar refractivity (Wildman–Crippen MR) is 74.8 cm³/mol. The monoisotopic (exact) mass is 384 g/mol. The highest BCUT2D eigenvalue weighted by molar-refractivity contribution is 14.1. The normalized spacial score (nSPS) is 11.7. The SMILES string of the molecule is O=C(Nc1ccc(Cl)cc1I)N[C@H](CO)C(=O)O. The lowest BCUT2D eigenvalue weighted by Gasteiger charge is -2.13. The smallest absolute Gasteiger partial charge is 0.328 e. The first-order valence-electron chi connectivity index (χ1n) is 4.80. The molecule has 0 aliphatic rings. The topological polar surface area (TPSA) is 98.7 Å². The van der Waals surface area contributed by atoms with Crippen LogP contribution in [0.1, 0.15) is 0 Å². The van der Waals surface area contributed by atoms with Gasteiger partial charge in [0.05, 0.1) is 12.3 Å². The molecule has 0 saturated carbocycles. The quantitative estimate of drug-likeness (QED) is 0.592. The molecule has 1 aromatic carbocycles. The molecule has 1 atom stereocenters. The number of amides is 2. The van der Waals surface area contributed by atoms with Crippen molar-refractivity contribution in [2.75, 3.05) is 11.9 Å². The highest BCUT2D eigenvalue weighted by Crippen LogP contribution is 2.22. The number of rotatable bonds is 4. The van der Waals surface area contributed by atoms with Crippen molar-refractivity contribution in [2.24, 2.45) is 0 Å². The first-order valence-corrected chi connectivity index (χ1v) is 6.26. The molecule has 0 aliphatic heterocycles. The summed E-state index contributed by atoms with van der Waals surface area (Å²) in [6.07, 6.45) is 0. The number of aliphatic hydroxyl groups excluding tert-OH is 1. The minimum absolute atomic E-state index is 0.500. The molecule has 0 heterocycles. The Bertz CT molecular complexity index is 469. The summed E-state index contributed by atoms with van der Waals surface area (Å²) in [5.41, 5.74) is 0.500. The molecule has 1 aromatic rings. The maximum absolute atomic E-state index is 11.5. The summed E-state index contributed by atoms with van der Waals surface area (Å²) in [5.74, 6) is -1.31. The second kappa shape index (κ2) is 6.76. The summed E-state index contributed by atoms with van der Waals surface area (Å²) in [4.78, 5) is 22.1. The molecule has 8 heteroatoms. The number of aliphatic hydroxyl groups is 1. The second-order valence-corrected chi connectivity index (χ2v) is 4.89. The maximum Gasteiger partial charge on any atom is 0.328 e. The summed E-state index contributed by atoms with van der Waals surface area (Å²) < 4.78 is 0.714. The Morgan fingerprint density at radius 2 is 2.11 bits per heavy atom. The summed E-state index contributed by atoms with van der Waals surface area (Å²) in [6, 6.07) is 2.79. The number of carbonyl (C=O) groups is 2. The van der Waals surface area contributed by atoms with Crippen LogP contribution in [0, 0.1) is 3.57 Å². The van der Waals surface area contributed by atoms with Crippen molar-refractivity contribution in [1.82, 2.24) is 5.32 Å². The van der Waals surface area contributed by atoms with Gasteiger partial charge in [-0.15, -0.1) is 0 Å². The zero-order valence-corrected chi connectivity index (χ0v) is 11.9. The van der Waals surface area contributed by atoms with Gasteiger partial charge in [0, 0.05) is 8.59 Å². The van der Waals surface area contributed by atoms with Crippen LogP contribution in [0.25, 0.3) is 0 Å². The molecule has 4 N–H and O–H groups in total. The number of nitrogens with one attached hydrogen (secondary N) is 2. The van der Waals surface area contributed by atoms with E-state index >= 15 is 0 Å². The Morgan fingerprint density at radius 3 is 2.61 bits per heavy atom. The molecule has 98 valence electrons. The number of aliphatic carboxylic acids is 1. The lowest BCUT2D eigenvalue weighted by atomic mass is 10.3. The van der Waals surface area contributed by atoms with E-state index in [9.17, 15) is 9.59 Å². The number of anilines is 1. The molecule has 0 unspecified atom stereocenters. The maximum atomic E-state index is 11.5. The molecule has 6 nitrogen and oxygen atoms in total. The van der Waals surface area contributed by atoms with E-state index in [2.05, 4.69) is 10.6 Å². The van der Waals surface area contributed by atoms with Gasteiger partial charge in [-0.25, -0.2) is 9.59 Å². The minimum atomic E-state index is -1.34. The summed E-state index contributed by atoms with van der Waals surface area (Å²) in [6.45, 7) is -0.680. The van der Waals surface area contributed by atoms with E-state index in [0.717, 1.165) is 0 Å². The first-order chi connectivity index (χ1) is 8.43. The van der Waals surface area contributed by atoms with Gasteiger partial charge in [-0.1, -0.05) is 11.6 Å². The number of hydrogen-bond donors (Lipinski definition) is 4. The first kappa shape index (κ1) is 15.0. The second-order valence-electron chi connectivity index (χ2n) is 3.30. The number of urea groups is 1. The number of halogens is 2. The van der Waals surface area contributed by atoms with Gasteiger partial charge in [0.15, 0.2) is 6.04 Å². The third-order valence-corrected chi connectivity index (χ3v) is 3.09. The largest absolute Gasteiger partial charge is 0.480 e. The molecule has 18 heavy (non-hydrogen) atoms. The van der Waals surface area contributed by atoms with Crippen molar-refractivity contribution in [3.05, 3.63) is 26.8 Å². The fourth-order valence-electron chi connectivity index (χ4n) is 1.09. The van der Waals surface area contributed by atoms with Crippen molar-refractivity contribution in [1.29, 1.82) is 0 Å². The lowest BCUT2D eigenvalue weighted by Crippen LogP contribution is -2.45. The summed E-state index contributed by atoms with van der Waals surface area (Å²) in [7, 11) is 0. The zero-order chi connectivity index (χ0) is 13.7. The standard InChI is InChI=1S/C10H10ClIN2O4/c11-5-1-2-7(6(12)3-5)13-10(18)14-8(4-15)9(16)17/h1-3,8,15H,4H2,(H,16,17)(H2,13,14,18)/t8-/m1/s1.